The molecule has 0 N–H and O–H groups in total. The van der Waals surface area contributed by atoms with Gasteiger partial charge in [-0.2, -0.15) is 78.9 Å². The van der Waals surface area contributed by atoms with E-state index in [1.165, 1.54) is 129 Å². The van der Waals surface area contributed by atoms with Gasteiger partial charge in [0, 0.05) is 5.41 Å². The molecule has 0 amide bonds. The zero-order valence-electron chi connectivity index (χ0n) is 51.2. The van der Waals surface area contributed by atoms with Crippen LogP contribution in [0.3, 0.4) is 0 Å². The number of hydrogen-bond donors (Lipinski definition) is 0. The van der Waals surface area contributed by atoms with Crippen LogP contribution in [0.2, 0.25) is 0 Å². The largest absolute Gasteiger partial charge is 1.00 e. The van der Waals surface area contributed by atoms with E-state index in [1.54, 1.807) is 0 Å². The zero-order chi connectivity index (χ0) is 58.6. The van der Waals surface area contributed by atoms with Crippen LogP contribution < -0.4 is 51.4 Å². The van der Waals surface area contributed by atoms with Gasteiger partial charge in [-0.25, -0.2) is 0 Å². The maximum absolute atomic E-state index is 3.87. The van der Waals surface area contributed by atoms with Crippen LogP contribution in [-0.2, 0) is 10.8 Å². The molecule has 0 aliphatic heterocycles. The van der Waals surface area contributed by atoms with Crippen LogP contribution in [0.4, 0.5) is 0 Å². The summed E-state index contributed by atoms with van der Waals surface area (Å²) in [6.07, 6.45) is 15.3. The Morgan fingerprint density at radius 2 is 0.884 bits per heavy atom. The predicted octanol–water partition coefficient (Wildman–Crippen LogP) is 19.5. The van der Waals surface area contributed by atoms with Crippen LogP contribution in [0, 0.1) is 52.8 Å². The summed E-state index contributed by atoms with van der Waals surface area (Å²) in [6, 6.07) is 103. The molecule has 0 bridgehead atoms. The molecule has 0 saturated carbocycles. The molecule has 3 aliphatic rings. The first-order valence-electron chi connectivity index (χ1n) is 30.3. The van der Waals surface area contributed by atoms with Crippen LogP contribution in [-0.4, -0.2) is 0 Å². The van der Waals surface area contributed by atoms with Gasteiger partial charge in [0.1, 0.15) is 0 Å². The molecule has 0 saturated heterocycles. The Morgan fingerprint density at radius 1 is 0.384 bits per heavy atom. The van der Waals surface area contributed by atoms with Crippen molar-refractivity contribution in [1.82, 2.24) is 0 Å². The van der Waals surface area contributed by atoms with E-state index >= 15 is 0 Å². The maximum Gasteiger partial charge on any atom is 1.00 e. The van der Waals surface area contributed by atoms with Crippen molar-refractivity contribution in [3.05, 3.63) is 365 Å². The molecule has 0 fully saturated rings. The van der Waals surface area contributed by atoms with Crippen LogP contribution in [0.5, 0.6) is 0 Å². The molecule has 418 valence electrons. The molecule has 1 heteroatoms. The normalized spacial score (nSPS) is 16.1. The van der Waals surface area contributed by atoms with Gasteiger partial charge in [0.15, 0.2) is 0 Å². The molecule has 3 aliphatic carbocycles. The molecule has 11 aromatic rings. The van der Waals surface area contributed by atoms with E-state index in [-0.39, 0.29) is 62.2 Å². The third-order valence-electron chi connectivity index (χ3n) is 17.4. The molecular weight excluding hydrogens is 1060 g/mol. The standard InChI is InChI=1S/C39H35.C20H17.C14H14.C12H9.K/c1-28-12-11-15-31(26-28)32-21-24-35-36(27-32)39(33-16-7-4-8-17-33,37-18-9-10-25-38(35,37)2)34-22-19-30(20-23-34)29-13-5-3-6-14-29;1-15-8-6-7-11-19(15)20-13-12-18(14-16(20)2)17-9-4-3-5-10-17;1-11-7-3-5-9-13(11)14-10-6-4-8-12(14)2;1-3-7-11(8-4-1)12-9-5-2-6-10-12;/h4-5,7-8,11-23,26-27H,3,6,9-10,25H2,1-2H3;4-14H,1-2H3;3-10H,1-2H3;1,3-10H;/q2*-1;;-1;+1. The van der Waals surface area contributed by atoms with Crippen molar-refractivity contribution in [3.63, 3.8) is 0 Å². The first-order chi connectivity index (χ1) is 41.6. The smallest absolute Gasteiger partial charge is 0.184 e. The van der Waals surface area contributed by atoms with E-state index in [1.807, 2.05) is 42.5 Å². The van der Waals surface area contributed by atoms with Gasteiger partial charge in [0.2, 0.25) is 0 Å². The second-order valence-corrected chi connectivity index (χ2v) is 23.1. The number of aryl methyl sites for hydroxylation is 5. The SMILES string of the molecule is Cc1cccc(-c2c[c-]c3c(c2)C(c2ccccc2)(c2ccc(C4=CCCC=C4)cc2)C2=CCCCC23C)c1.Cc1ccccc1-c1ccc(-c2cc[c-]cc2)cc1C.Cc1ccccc1-c1ccccc1C.[K+].[c-]1ccc(-c2ccccc2)cc1. The molecule has 14 rings (SSSR count). The molecule has 11 aromatic carbocycles. The quantitative estimate of drug-likeness (QED) is 0.0808. The van der Waals surface area contributed by atoms with E-state index in [2.05, 4.69) is 302 Å². The van der Waals surface area contributed by atoms with E-state index in [9.17, 15) is 0 Å². The fraction of sp³-hybridized carbons (Fsp3) is 0.153. The Bertz CT molecular complexity index is 4050. The minimum absolute atomic E-state index is 0. The average molecular weight is 1140 g/mol. The number of hydrogen-bond acceptors (Lipinski definition) is 0. The Hall–Kier alpha value is -7.72. The molecule has 0 spiro atoms. The maximum atomic E-state index is 3.87. The molecule has 2 atom stereocenters. The summed E-state index contributed by atoms with van der Waals surface area (Å²) in [6.45, 7) is 13.3. The first kappa shape index (κ1) is 61.4. The van der Waals surface area contributed by atoms with Gasteiger partial charge in [-0.15, -0.1) is 27.8 Å². The second-order valence-electron chi connectivity index (χ2n) is 23.1. The van der Waals surface area contributed by atoms with E-state index < -0.39 is 0 Å². The van der Waals surface area contributed by atoms with Crippen LogP contribution >= 0.6 is 0 Å². The van der Waals surface area contributed by atoms with E-state index in [0.717, 1.165) is 25.7 Å². The average Bonchev–Trinajstić information content (AvgIpc) is 1.54. The second kappa shape index (κ2) is 28.6. The predicted molar refractivity (Wildman–Crippen MR) is 362 cm³/mol. The van der Waals surface area contributed by atoms with Gasteiger partial charge in [0.05, 0.1) is 0 Å². The Morgan fingerprint density at radius 3 is 1.44 bits per heavy atom. The monoisotopic (exact) mass is 1130 g/mol. The summed E-state index contributed by atoms with van der Waals surface area (Å²) in [5.74, 6) is 0. The minimum atomic E-state index is -0.336. The summed E-state index contributed by atoms with van der Waals surface area (Å²) in [7, 11) is 0. The molecule has 2 unspecified atom stereocenters. The molecule has 86 heavy (non-hydrogen) atoms. The number of allylic oxidation sites excluding steroid dienone is 6. The van der Waals surface area contributed by atoms with Gasteiger partial charge in [-0.05, 0) is 150 Å². The van der Waals surface area contributed by atoms with Gasteiger partial charge >= 0.3 is 51.4 Å². The van der Waals surface area contributed by atoms with E-state index in [0.29, 0.717) is 0 Å². The Kier molecular flexibility index (Phi) is 20.4. The minimum Gasteiger partial charge on any atom is -0.184 e. The van der Waals surface area contributed by atoms with Gasteiger partial charge < -0.3 is 0 Å². The van der Waals surface area contributed by atoms with Crippen molar-refractivity contribution in [2.75, 3.05) is 0 Å². The van der Waals surface area contributed by atoms with E-state index in [4.69, 9.17) is 0 Å². The van der Waals surface area contributed by atoms with Crippen LogP contribution in [0.1, 0.15) is 94.7 Å². The summed E-state index contributed by atoms with van der Waals surface area (Å²) in [4.78, 5) is 0. The molecule has 0 nitrogen and oxygen atoms in total. The molecule has 0 radical (unpaired) electrons. The summed E-state index contributed by atoms with van der Waals surface area (Å²) >= 11 is 0. The fourth-order valence-electron chi connectivity index (χ4n) is 13.1. The first-order valence-corrected chi connectivity index (χ1v) is 30.3. The van der Waals surface area contributed by atoms with Crippen molar-refractivity contribution in [1.29, 1.82) is 0 Å². The number of fused-ring (bicyclic) bond motifs is 3. The van der Waals surface area contributed by atoms with Crippen molar-refractivity contribution < 1.29 is 51.4 Å². The van der Waals surface area contributed by atoms with Crippen LogP contribution in [0.15, 0.2) is 291 Å². The fourth-order valence-corrected chi connectivity index (χ4v) is 13.1. The number of rotatable bonds is 8. The summed E-state index contributed by atoms with van der Waals surface area (Å²) < 4.78 is 0. The van der Waals surface area contributed by atoms with Gasteiger partial charge in [0.25, 0.3) is 0 Å². The van der Waals surface area contributed by atoms with Crippen molar-refractivity contribution in [2.45, 2.75) is 84.5 Å². The summed E-state index contributed by atoms with van der Waals surface area (Å²) in [5, 5.41) is 0. The van der Waals surface area contributed by atoms with Crippen molar-refractivity contribution >= 4 is 5.57 Å². The zero-order valence-corrected chi connectivity index (χ0v) is 54.3. The molecule has 0 heterocycles. The summed E-state index contributed by atoms with van der Waals surface area (Å²) in [5.41, 5.74) is 28.7. The van der Waals surface area contributed by atoms with Crippen LogP contribution in [0.25, 0.3) is 61.2 Å². The molecule has 0 aromatic heterocycles. The third kappa shape index (κ3) is 13.4. The molecular formula is C85H75K-2. The van der Waals surface area contributed by atoms with Gasteiger partial charge in [-0.1, -0.05) is 248 Å². The Labute approximate surface area is 556 Å². The number of benzene rings is 11. The van der Waals surface area contributed by atoms with Gasteiger partial charge in [-0.3, -0.25) is 0 Å². The topological polar surface area (TPSA) is 0 Å². The van der Waals surface area contributed by atoms with Crippen molar-refractivity contribution in [2.24, 2.45) is 0 Å². The third-order valence-corrected chi connectivity index (χ3v) is 17.4. The van der Waals surface area contributed by atoms with Crippen molar-refractivity contribution in [3.8, 4) is 55.6 Å². The Balaban J connectivity index is 0.000000145.